The van der Waals surface area contributed by atoms with Crippen molar-refractivity contribution >= 4 is 23.4 Å². The highest BCUT2D eigenvalue weighted by Gasteiger charge is 2.07. The highest BCUT2D eigenvalue weighted by Crippen LogP contribution is 2.16. The zero-order valence-corrected chi connectivity index (χ0v) is 10.7. The molecule has 1 rings (SSSR count). The minimum Gasteiger partial charge on any atom is -0.481 e. The van der Waals surface area contributed by atoms with Gasteiger partial charge in [-0.2, -0.15) is 0 Å². The summed E-state index contributed by atoms with van der Waals surface area (Å²) in [6.45, 7) is 0.341. The molecule has 0 aliphatic heterocycles. The summed E-state index contributed by atoms with van der Waals surface area (Å²) < 4.78 is 0. The first-order chi connectivity index (χ1) is 9.49. The molecule has 0 unspecified atom stereocenters. The molecule has 0 aliphatic rings. The van der Waals surface area contributed by atoms with Crippen LogP contribution in [-0.2, 0) is 4.79 Å². The molecular formula is C12H15N3O5. The number of carboxylic acid groups (broad SMARTS) is 1. The average molecular weight is 281 g/mol. The molecule has 8 heteroatoms. The lowest BCUT2D eigenvalue weighted by Gasteiger charge is -2.07. The van der Waals surface area contributed by atoms with Crippen molar-refractivity contribution < 1.29 is 19.6 Å². The van der Waals surface area contributed by atoms with Crippen LogP contribution in [0.3, 0.4) is 0 Å². The van der Waals surface area contributed by atoms with E-state index in [9.17, 15) is 19.7 Å². The van der Waals surface area contributed by atoms with Crippen LogP contribution in [-0.4, -0.2) is 28.6 Å². The molecule has 0 heterocycles. The normalized spacial score (nSPS) is 9.80. The number of nitrogens with zero attached hydrogens (tertiary/aromatic N) is 1. The van der Waals surface area contributed by atoms with Crippen molar-refractivity contribution in [3.8, 4) is 0 Å². The van der Waals surface area contributed by atoms with Crippen LogP contribution in [0, 0.1) is 10.1 Å². The molecule has 8 nitrogen and oxygen atoms in total. The molecule has 0 atom stereocenters. The summed E-state index contributed by atoms with van der Waals surface area (Å²) in [6, 6.07) is 5.11. The van der Waals surface area contributed by atoms with Gasteiger partial charge in [0.2, 0.25) is 0 Å². The summed E-state index contributed by atoms with van der Waals surface area (Å²) in [5, 5.41) is 24.0. The maximum absolute atomic E-state index is 11.5. The van der Waals surface area contributed by atoms with E-state index in [2.05, 4.69) is 10.6 Å². The summed E-state index contributed by atoms with van der Waals surface area (Å²) in [7, 11) is 0. The van der Waals surface area contributed by atoms with Crippen molar-refractivity contribution in [2.24, 2.45) is 0 Å². The van der Waals surface area contributed by atoms with Crippen LogP contribution in [0.15, 0.2) is 24.3 Å². The summed E-state index contributed by atoms with van der Waals surface area (Å²) >= 11 is 0. The van der Waals surface area contributed by atoms with Gasteiger partial charge in [0.05, 0.1) is 4.92 Å². The summed E-state index contributed by atoms with van der Waals surface area (Å²) in [5.74, 6) is -0.869. The Balaban J connectivity index is 2.33. The standard InChI is InChI=1S/C12H15N3O5/c16-11(17)6-1-2-7-13-12(18)14-9-4-3-5-10(8-9)15(19)20/h3-5,8H,1-2,6-7H2,(H,16,17)(H2,13,14,18). The molecule has 3 N–H and O–H groups in total. The number of unbranched alkanes of at least 4 members (excludes halogenated alkanes) is 1. The number of amides is 2. The number of rotatable bonds is 7. The number of nitro benzene ring substituents is 1. The van der Waals surface area contributed by atoms with E-state index in [1.165, 1.54) is 24.3 Å². The number of nitro groups is 1. The second-order valence-corrected chi connectivity index (χ2v) is 4.04. The van der Waals surface area contributed by atoms with Gasteiger partial charge < -0.3 is 15.7 Å². The fourth-order valence-electron chi connectivity index (χ4n) is 1.48. The monoisotopic (exact) mass is 281 g/mol. The molecule has 108 valence electrons. The number of carbonyl (C=O) groups is 2. The average Bonchev–Trinajstić information content (AvgIpc) is 2.38. The van der Waals surface area contributed by atoms with Crippen LogP contribution in [0.25, 0.3) is 0 Å². The van der Waals surface area contributed by atoms with Crippen molar-refractivity contribution in [3.63, 3.8) is 0 Å². The number of hydrogen-bond donors (Lipinski definition) is 3. The lowest BCUT2D eigenvalue weighted by atomic mass is 10.2. The molecule has 0 fully saturated rings. The summed E-state index contributed by atoms with van der Waals surface area (Å²) in [6.07, 6.45) is 1.09. The van der Waals surface area contributed by atoms with E-state index in [1.807, 2.05) is 0 Å². The fourth-order valence-corrected chi connectivity index (χ4v) is 1.48. The van der Waals surface area contributed by atoms with E-state index in [1.54, 1.807) is 0 Å². The Kier molecular flexibility index (Phi) is 5.95. The van der Waals surface area contributed by atoms with Crippen molar-refractivity contribution in [1.29, 1.82) is 0 Å². The molecule has 20 heavy (non-hydrogen) atoms. The van der Waals surface area contributed by atoms with Gasteiger partial charge in [0.25, 0.3) is 5.69 Å². The van der Waals surface area contributed by atoms with Gasteiger partial charge in [0.15, 0.2) is 0 Å². The first-order valence-corrected chi connectivity index (χ1v) is 6.00. The number of hydrogen-bond acceptors (Lipinski definition) is 4. The Bertz CT molecular complexity index is 504. The number of non-ortho nitro benzene ring substituents is 1. The Morgan fingerprint density at radius 1 is 1.30 bits per heavy atom. The van der Waals surface area contributed by atoms with Crippen molar-refractivity contribution in [1.82, 2.24) is 5.32 Å². The lowest BCUT2D eigenvalue weighted by Crippen LogP contribution is -2.29. The smallest absolute Gasteiger partial charge is 0.319 e. The van der Waals surface area contributed by atoms with Crippen LogP contribution in [0.2, 0.25) is 0 Å². The quantitative estimate of drug-likeness (QED) is 0.400. The van der Waals surface area contributed by atoms with Gasteiger partial charge in [-0.05, 0) is 18.9 Å². The van der Waals surface area contributed by atoms with Gasteiger partial charge in [-0.1, -0.05) is 6.07 Å². The SMILES string of the molecule is O=C(O)CCCCNC(=O)Nc1cccc([N+](=O)[O-])c1. The largest absolute Gasteiger partial charge is 0.481 e. The number of aliphatic carboxylic acids is 1. The Morgan fingerprint density at radius 2 is 2.05 bits per heavy atom. The topological polar surface area (TPSA) is 122 Å². The van der Waals surface area contributed by atoms with Crippen molar-refractivity contribution in [2.45, 2.75) is 19.3 Å². The third-order valence-electron chi connectivity index (χ3n) is 2.42. The highest BCUT2D eigenvalue weighted by atomic mass is 16.6. The minimum absolute atomic E-state index is 0.0637. The number of carboxylic acids is 1. The second kappa shape index (κ2) is 7.72. The zero-order valence-electron chi connectivity index (χ0n) is 10.7. The number of benzene rings is 1. The molecule has 0 saturated heterocycles. The van der Waals surface area contributed by atoms with E-state index >= 15 is 0 Å². The molecular weight excluding hydrogens is 266 g/mol. The van der Waals surface area contributed by atoms with Crippen LogP contribution in [0.5, 0.6) is 0 Å². The van der Waals surface area contributed by atoms with Gasteiger partial charge in [0, 0.05) is 30.8 Å². The van der Waals surface area contributed by atoms with Gasteiger partial charge in [-0.3, -0.25) is 14.9 Å². The zero-order chi connectivity index (χ0) is 15.0. The first kappa shape index (κ1) is 15.4. The van der Waals surface area contributed by atoms with E-state index in [0.29, 0.717) is 25.1 Å². The molecule has 0 aromatic heterocycles. The number of urea groups is 1. The molecule has 2 amide bonds. The Morgan fingerprint density at radius 3 is 2.70 bits per heavy atom. The summed E-state index contributed by atoms with van der Waals surface area (Å²) in [4.78, 5) is 31.8. The Labute approximate surface area is 114 Å². The predicted octanol–water partition coefficient (Wildman–Crippen LogP) is 1.97. The number of nitrogens with one attached hydrogen (secondary N) is 2. The third-order valence-corrected chi connectivity index (χ3v) is 2.42. The number of carbonyl (C=O) groups excluding carboxylic acids is 1. The minimum atomic E-state index is -0.869. The van der Waals surface area contributed by atoms with Gasteiger partial charge in [-0.25, -0.2) is 4.79 Å². The van der Waals surface area contributed by atoms with Crippen molar-refractivity contribution in [3.05, 3.63) is 34.4 Å². The third kappa shape index (κ3) is 5.80. The van der Waals surface area contributed by atoms with E-state index in [0.717, 1.165) is 0 Å². The van der Waals surface area contributed by atoms with Crippen LogP contribution in [0.1, 0.15) is 19.3 Å². The number of anilines is 1. The van der Waals surface area contributed by atoms with E-state index in [4.69, 9.17) is 5.11 Å². The van der Waals surface area contributed by atoms with Crippen LogP contribution >= 0.6 is 0 Å². The molecule has 0 saturated carbocycles. The second-order valence-electron chi connectivity index (χ2n) is 4.04. The van der Waals surface area contributed by atoms with E-state index < -0.39 is 16.9 Å². The predicted molar refractivity (Wildman–Crippen MR) is 71.6 cm³/mol. The molecule has 1 aromatic carbocycles. The molecule has 0 radical (unpaired) electrons. The van der Waals surface area contributed by atoms with Gasteiger partial charge in [0.1, 0.15) is 0 Å². The molecule has 0 bridgehead atoms. The fraction of sp³-hybridized carbons (Fsp3) is 0.333. The molecule has 0 spiro atoms. The van der Waals surface area contributed by atoms with E-state index in [-0.39, 0.29) is 12.1 Å². The Hall–Kier alpha value is -2.64. The van der Waals surface area contributed by atoms with Gasteiger partial charge >= 0.3 is 12.0 Å². The van der Waals surface area contributed by atoms with Crippen molar-refractivity contribution in [2.75, 3.05) is 11.9 Å². The molecule has 0 aliphatic carbocycles. The first-order valence-electron chi connectivity index (χ1n) is 6.00. The van der Waals surface area contributed by atoms with Crippen LogP contribution in [0.4, 0.5) is 16.2 Å². The lowest BCUT2D eigenvalue weighted by molar-refractivity contribution is -0.384. The maximum atomic E-state index is 11.5. The highest BCUT2D eigenvalue weighted by molar-refractivity contribution is 5.89. The summed E-state index contributed by atoms with van der Waals surface area (Å²) in [5.41, 5.74) is 0.214. The maximum Gasteiger partial charge on any atom is 0.319 e. The van der Waals surface area contributed by atoms with Crippen LogP contribution < -0.4 is 10.6 Å². The van der Waals surface area contributed by atoms with Gasteiger partial charge in [-0.15, -0.1) is 0 Å². The molecule has 1 aromatic rings.